The largest absolute Gasteiger partial charge is 0.392 e. The van der Waals surface area contributed by atoms with Crippen LogP contribution in [0.3, 0.4) is 0 Å². The molecular formula is C14H17N3O2. The molecule has 100 valence electrons. The van der Waals surface area contributed by atoms with Crippen molar-refractivity contribution in [2.75, 3.05) is 13.1 Å². The molecule has 1 fully saturated rings. The number of aromatic nitrogens is 2. The molecule has 0 bridgehead atoms. The van der Waals surface area contributed by atoms with E-state index in [1.807, 2.05) is 25.1 Å². The lowest BCUT2D eigenvalue weighted by Gasteiger charge is -2.22. The van der Waals surface area contributed by atoms with Crippen molar-refractivity contribution in [3.8, 4) is 0 Å². The number of rotatable bonds is 2. The van der Waals surface area contributed by atoms with E-state index in [1.54, 1.807) is 6.07 Å². The standard InChI is InChI=1S/C14H17N3O2/c1-9(17-7-6-10(18)8-17)13-15-12-5-3-2-4-11(12)14(19)16-13/h2-5,9-10,18H,6-8H2,1H3,(H,15,16,19)/t9?,10-/m0/s1. The van der Waals surface area contributed by atoms with Crippen LogP contribution in [0.2, 0.25) is 0 Å². The van der Waals surface area contributed by atoms with E-state index >= 15 is 0 Å². The molecule has 1 aromatic heterocycles. The number of β-amino-alcohol motifs (C(OH)–C–C–N with tert-alkyl or cyclic N) is 1. The van der Waals surface area contributed by atoms with Gasteiger partial charge in [-0.05, 0) is 25.5 Å². The Hall–Kier alpha value is -1.72. The molecule has 1 unspecified atom stereocenters. The number of H-pyrrole nitrogens is 1. The molecule has 5 nitrogen and oxygen atoms in total. The molecule has 2 heterocycles. The maximum atomic E-state index is 12.0. The first-order valence-corrected chi connectivity index (χ1v) is 6.56. The fourth-order valence-electron chi connectivity index (χ4n) is 2.60. The Morgan fingerprint density at radius 1 is 1.47 bits per heavy atom. The molecule has 1 aliphatic heterocycles. The number of benzene rings is 1. The first-order valence-electron chi connectivity index (χ1n) is 6.56. The van der Waals surface area contributed by atoms with Crippen LogP contribution in [0.5, 0.6) is 0 Å². The first-order chi connectivity index (χ1) is 9.15. The van der Waals surface area contributed by atoms with E-state index in [4.69, 9.17) is 0 Å². The summed E-state index contributed by atoms with van der Waals surface area (Å²) < 4.78 is 0. The minimum Gasteiger partial charge on any atom is -0.392 e. The maximum Gasteiger partial charge on any atom is 0.258 e. The zero-order valence-electron chi connectivity index (χ0n) is 10.8. The summed E-state index contributed by atoms with van der Waals surface area (Å²) in [5, 5.41) is 10.2. The highest BCUT2D eigenvalue weighted by Crippen LogP contribution is 2.22. The molecule has 1 saturated heterocycles. The van der Waals surface area contributed by atoms with Gasteiger partial charge in [0.25, 0.3) is 5.56 Å². The fraction of sp³-hybridized carbons (Fsp3) is 0.429. The Balaban J connectivity index is 1.99. The fourth-order valence-corrected chi connectivity index (χ4v) is 2.60. The van der Waals surface area contributed by atoms with Crippen molar-refractivity contribution in [2.24, 2.45) is 0 Å². The Bertz CT molecular complexity index is 652. The second-order valence-corrected chi connectivity index (χ2v) is 5.08. The van der Waals surface area contributed by atoms with Crippen LogP contribution in [0.25, 0.3) is 10.9 Å². The molecule has 1 aromatic carbocycles. The number of nitrogens with zero attached hydrogens (tertiary/aromatic N) is 2. The predicted octanol–water partition coefficient (Wildman–Crippen LogP) is 1.05. The van der Waals surface area contributed by atoms with Crippen molar-refractivity contribution in [1.82, 2.24) is 14.9 Å². The normalized spacial score (nSPS) is 21.9. The van der Waals surface area contributed by atoms with Gasteiger partial charge in [-0.15, -0.1) is 0 Å². The molecule has 19 heavy (non-hydrogen) atoms. The van der Waals surface area contributed by atoms with Gasteiger partial charge in [0.2, 0.25) is 0 Å². The topological polar surface area (TPSA) is 69.2 Å². The minimum atomic E-state index is -0.269. The van der Waals surface area contributed by atoms with Crippen molar-refractivity contribution in [3.05, 3.63) is 40.4 Å². The lowest BCUT2D eigenvalue weighted by molar-refractivity contribution is 0.161. The van der Waals surface area contributed by atoms with Crippen LogP contribution in [0, 0.1) is 0 Å². The highest BCUT2D eigenvalue weighted by Gasteiger charge is 2.26. The van der Waals surface area contributed by atoms with E-state index in [0.29, 0.717) is 23.3 Å². The molecule has 0 spiro atoms. The van der Waals surface area contributed by atoms with E-state index in [0.717, 1.165) is 13.0 Å². The molecule has 5 heteroatoms. The van der Waals surface area contributed by atoms with Crippen LogP contribution in [0.1, 0.15) is 25.2 Å². The zero-order chi connectivity index (χ0) is 13.4. The summed E-state index contributed by atoms with van der Waals surface area (Å²) in [4.78, 5) is 21.5. The first kappa shape index (κ1) is 12.3. The van der Waals surface area contributed by atoms with E-state index in [1.165, 1.54) is 0 Å². The van der Waals surface area contributed by atoms with Crippen molar-refractivity contribution in [3.63, 3.8) is 0 Å². The van der Waals surface area contributed by atoms with Crippen LogP contribution in [-0.2, 0) is 0 Å². The van der Waals surface area contributed by atoms with Gasteiger partial charge in [-0.25, -0.2) is 4.98 Å². The Kier molecular flexibility index (Phi) is 3.08. The number of aliphatic hydroxyl groups excluding tert-OH is 1. The maximum absolute atomic E-state index is 12.0. The highest BCUT2D eigenvalue weighted by molar-refractivity contribution is 5.77. The number of aromatic amines is 1. The van der Waals surface area contributed by atoms with E-state index < -0.39 is 0 Å². The predicted molar refractivity (Wildman–Crippen MR) is 73.0 cm³/mol. The van der Waals surface area contributed by atoms with Crippen molar-refractivity contribution < 1.29 is 5.11 Å². The van der Waals surface area contributed by atoms with E-state index in [2.05, 4.69) is 14.9 Å². The number of aliphatic hydroxyl groups is 1. The molecule has 1 aliphatic rings. The van der Waals surface area contributed by atoms with Crippen molar-refractivity contribution in [2.45, 2.75) is 25.5 Å². The summed E-state index contributed by atoms with van der Waals surface area (Å²) in [5.74, 6) is 0.665. The molecule has 0 amide bonds. The molecule has 2 atom stereocenters. The van der Waals surface area contributed by atoms with Crippen LogP contribution in [-0.4, -0.2) is 39.2 Å². The average molecular weight is 259 g/mol. The summed E-state index contributed by atoms with van der Waals surface area (Å²) in [6, 6.07) is 7.34. The van der Waals surface area contributed by atoms with Gasteiger partial charge >= 0.3 is 0 Å². The molecule has 0 saturated carbocycles. The monoisotopic (exact) mass is 259 g/mol. The van der Waals surface area contributed by atoms with Crippen LogP contribution in [0.4, 0.5) is 0 Å². The Morgan fingerprint density at radius 2 is 2.26 bits per heavy atom. The number of hydrogen-bond donors (Lipinski definition) is 2. The summed E-state index contributed by atoms with van der Waals surface area (Å²) in [5.41, 5.74) is 0.611. The average Bonchev–Trinajstić information content (AvgIpc) is 2.84. The molecule has 3 rings (SSSR count). The lowest BCUT2D eigenvalue weighted by atomic mass is 10.2. The number of para-hydroxylation sites is 1. The van der Waals surface area contributed by atoms with Crippen molar-refractivity contribution >= 4 is 10.9 Å². The summed E-state index contributed by atoms with van der Waals surface area (Å²) >= 11 is 0. The highest BCUT2D eigenvalue weighted by atomic mass is 16.3. The van der Waals surface area contributed by atoms with Gasteiger partial charge in [0.15, 0.2) is 0 Å². The number of hydrogen-bond acceptors (Lipinski definition) is 4. The molecular weight excluding hydrogens is 242 g/mol. The van der Waals surface area contributed by atoms with Crippen LogP contribution >= 0.6 is 0 Å². The molecule has 2 aromatic rings. The summed E-state index contributed by atoms with van der Waals surface area (Å²) in [6.45, 7) is 3.47. The van der Waals surface area contributed by atoms with Gasteiger partial charge in [-0.2, -0.15) is 0 Å². The minimum absolute atomic E-state index is 0.00876. The van der Waals surface area contributed by atoms with Gasteiger partial charge in [0, 0.05) is 13.1 Å². The summed E-state index contributed by atoms with van der Waals surface area (Å²) in [6.07, 6.45) is 0.511. The molecule has 2 N–H and O–H groups in total. The van der Waals surface area contributed by atoms with Gasteiger partial charge in [-0.1, -0.05) is 12.1 Å². The van der Waals surface area contributed by atoms with Gasteiger partial charge < -0.3 is 10.1 Å². The summed E-state index contributed by atoms with van der Waals surface area (Å²) in [7, 11) is 0. The molecule has 0 radical (unpaired) electrons. The quantitative estimate of drug-likeness (QED) is 0.846. The third-order valence-electron chi connectivity index (χ3n) is 3.77. The van der Waals surface area contributed by atoms with Crippen LogP contribution in [0.15, 0.2) is 29.1 Å². The number of nitrogens with one attached hydrogen (secondary N) is 1. The van der Waals surface area contributed by atoms with Gasteiger partial charge in [-0.3, -0.25) is 9.69 Å². The lowest BCUT2D eigenvalue weighted by Crippen LogP contribution is -2.28. The third kappa shape index (κ3) is 2.27. The van der Waals surface area contributed by atoms with Crippen molar-refractivity contribution in [1.29, 1.82) is 0 Å². The SMILES string of the molecule is CC(c1nc2ccccc2c(=O)[nH]1)N1CC[C@H](O)C1. The van der Waals surface area contributed by atoms with E-state index in [-0.39, 0.29) is 17.7 Å². The zero-order valence-corrected chi connectivity index (χ0v) is 10.8. The number of likely N-dealkylation sites (tertiary alicyclic amines) is 1. The van der Waals surface area contributed by atoms with Gasteiger partial charge in [0.05, 0.1) is 23.0 Å². The third-order valence-corrected chi connectivity index (χ3v) is 3.77. The second-order valence-electron chi connectivity index (χ2n) is 5.08. The number of fused-ring (bicyclic) bond motifs is 1. The smallest absolute Gasteiger partial charge is 0.258 e. The van der Waals surface area contributed by atoms with Gasteiger partial charge in [0.1, 0.15) is 5.82 Å². The van der Waals surface area contributed by atoms with E-state index in [9.17, 15) is 9.90 Å². The second kappa shape index (κ2) is 4.75. The Morgan fingerprint density at radius 3 is 3.00 bits per heavy atom. The van der Waals surface area contributed by atoms with Crippen LogP contribution < -0.4 is 5.56 Å². The molecule has 0 aliphatic carbocycles. The Labute approximate surface area is 110 Å².